The van der Waals surface area contributed by atoms with Crippen LogP contribution in [0.5, 0.6) is 11.5 Å². The Bertz CT molecular complexity index is 896. The van der Waals surface area contributed by atoms with Crippen LogP contribution in [-0.2, 0) is 11.2 Å². The van der Waals surface area contributed by atoms with Gasteiger partial charge in [-0.2, -0.15) is 0 Å². The molecule has 27 heavy (non-hydrogen) atoms. The smallest absolute Gasteiger partial charge is 0.257 e. The van der Waals surface area contributed by atoms with Crippen LogP contribution >= 0.6 is 11.3 Å². The first kappa shape index (κ1) is 18.8. The zero-order chi connectivity index (χ0) is 19.1. The number of nitrogens with zero attached hydrogens (tertiary/aromatic N) is 1. The number of para-hydroxylation sites is 2. The molecule has 0 aliphatic rings. The van der Waals surface area contributed by atoms with Crippen LogP contribution in [0.3, 0.4) is 0 Å². The number of amides is 1. The number of hydrogen-bond acceptors (Lipinski definition) is 5. The third-order valence-corrected chi connectivity index (χ3v) is 4.71. The zero-order valence-electron chi connectivity index (χ0n) is 14.8. The Labute approximate surface area is 160 Å². The third kappa shape index (κ3) is 5.27. The van der Waals surface area contributed by atoms with Gasteiger partial charge in [0.2, 0.25) is 0 Å². The van der Waals surface area contributed by atoms with Gasteiger partial charge < -0.3 is 14.8 Å². The van der Waals surface area contributed by atoms with Crippen LogP contribution in [-0.4, -0.2) is 31.2 Å². The molecule has 0 saturated carbocycles. The highest BCUT2D eigenvalue weighted by molar-refractivity contribution is 7.13. The summed E-state index contributed by atoms with van der Waals surface area (Å²) in [6, 6.07) is 13.4. The van der Waals surface area contributed by atoms with Crippen LogP contribution in [0.1, 0.15) is 5.69 Å². The predicted octanol–water partition coefficient (Wildman–Crippen LogP) is 3.70. The normalized spacial score (nSPS) is 10.4. The Morgan fingerprint density at radius 2 is 1.89 bits per heavy atom. The largest absolute Gasteiger partial charge is 0.493 e. The lowest BCUT2D eigenvalue weighted by Crippen LogP contribution is -2.30. The molecule has 0 bridgehead atoms. The molecule has 0 fully saturated rings. The van der Waals surface area contributed by atoms with E-state index >= 15 is 0 Å². The Hall–Kier alpha value is -2.93. The predicted molar refractivity (Wildman–Crippen MR) is 103 cm³/mol. The van der Waals surface area contributed by atoms with E-state index in [1.165, 1.54) is 23.5 Å². The molecule has 0 radical (unpaired) electrons. The summed E-state index contributed by atoms with van der Waals surface area (Å²) in [6.07, 6.45) is 0.609. The fourth-order valence-electron chi connectivity index (χ4n) is 2.41. The minimum absolute atomic E-state index is 0.0851. The van der Waals surface area contributed by atoms with Crippen molar-refractivity contribution >= 4 is 17.2 Å². The number of carbonyl (C=O) groups is 1. The van der Waals surface area contributed by atoms with Crippen LogP contribution in [0.4, 0.5) is 4.39 Å². The average Bonchev–Trinajstić information content (AvgIpc) is 3.16. The quantitative estimate of drug-likeness (QED) is 0.641. The number of ether oxygens (including phenoxy) is 2. The molecule has 1 amide bonds. The van der Waals surface area contributed by atoms with Gasteiger partial charge >= 0.3 is 0 Å². The number of methoxy groups -OCH3 is 1. The molecule has 1 N–H and O–H groups in total. The molecule has 3 rings (SSSR count). The van der Waals surface area contributed by atoms with E-state index in [0.717, 1.165) is 16.3 Å². The van der Waals surface area contributed by atoms with Crippen molar-refractivity contribution in [2.45, 2.75) is 6.42 Å². The van der Waals surface area contributed by atoms with Gasteiger partial charge in [-0.15, -0.1) is 11.3 Å². The van der Waals surface area contributed by atoms with Crippen molar-refractivity contribution in [3.8, 4) is 22.1 Å². The first-order valence-electron chi connectivity index (χ1n) is 8.38. The molecule has 5 nitrogen and oxygen atoms in total. The minimum Gasteiger partial charge on any atom is -0.493 e. The van der Waals surface area contributed by atoms with Crippen LogP contribution < -0.4 is 14.8 Å². The van der Waals surface area contributed by atoms with Gasteiger partial charge in [0.15, 0.2) is 18.1 Å². The molecular weight excluding hydrogens is 367 g/mol. The lowest BCUT2D eigenvalue weighted by molar-refractivity contribution is -0.123. The summed E-state index contributed by atoms with van der Waals surface area (Å²) in [4.78, 5) is 16.5. The monoisotopic (exact) mass is 386 g/mol. The van der Waals surface area contributed by atoms with Crippen LogP contribution in [0, 0.1) is 5.82 Å². The van der Waals surface area contributed by atoms with E-state index in [2.05, 4.69) is 10.3 Å². The zero-order valence-corrected chi connectivity index (χ0v) is 15.6. The van der Waals surface area contributed by atoms with E-state index in [-0.39, 0.29) is 18.3 Å². The van der Waals surface area contributed by atoms with E-state index in [9.17, 15) is 9.18 Å². The van der Waals surface area contributed by atoms with E-state index in [0.29, 0.717) is 24.5 Å². The Kier molecular flexibility index (Phi) is 6.38. The molecule has 0 aliphatic carbocycles. The highest BCUT2D eigenvalue weighted by atomic mass is 32.1. The summed E-state index contributed by atoms with van der Waals surface area (Å²) >= 11 is 1.49. The summed E-state index contributed by atoms with van der Waals surface area (Å²) < 4.78 is 23.6. The fourth-order valence-corrected chi connectivity index (χ4v) is 3.27. The fraction of sp³-hybridized carbons (Fsp3) is 0.200. The van der Waals surface area contributed by atoms with Gasteiger partial charge in [0.05, 0.1) is 12.8 Å². The summed E-state index contributed by atoms with van der Waals surface area (Å²) in [6.45, 7) is 0.374. The lowest BCUT2D eigenvalue weighted by atomic mass is 10.2. The first-order chi connectivity index (χ1) is 13.2. The second kappa shape index (κ2) is 9.14. The van der Waals surface area contributed by atoms with E-state index in [1.54, 1.807) is 31.4 Å². The number of rotatable bonds is 8. The third-order valence-electron chi connectivity index (χ3n) is 3.77. The maximum Gasteiger partial charge on any atom is 0.257 e. The van der Waals surface area contributed by atoms with Crippen LogP contribution in [0.2, 0.25) is 0 Å². The number of aromatic nitrogens is 1. The maximum absolute atomic E-state index is 13.0. The van der Waals surface area contributed by atoms with E-state index in [1.807, 2.05) is 17.5 Å². The van der Waals surface area contributed by atoms with Gasteiger partial charge in [-0.1, -0.05) is 12.1 Å². The molecule has 0 unspecified atom stereocenters. The molecule has 0 aliphatic heterocycles. The maximum atomic E-state index is 13.0. The first-order valence-corrected chi connectivity index (χ1v) is 9.26. The van der Waals surface area contributed by atoms with Crippen LogP contribution in [0.15, 0.2) is 53.9 Å². The Balaban J connectivity index is 1.44. The number of nitrogens with one attached hydrogen (secondary N) is 1. The SMILES string of the molecule is COc1ccccc1OCC(=O)NCCc1csc(-c2ccc(F)cc2)n1. The van der Waals surface area contributed by atoms with E-state index in [4.69, 9.17) is 9.47 Å². The van der Waals surface area contributed by atoms with Crippen LogP contribution in [0.25, 0.3) is 10.6 Å². The standard InChI is InChI=1S/C20H19FN2O3S/c1-25-17-4-2-3-5-18(17)26-12-19(24)22-11-10-16-13-27-20(23-16)14-6-8-15(21)9-7-14/h2-9,13H,10-12H2,1H3,(H,22,24). The van der Waals surface area contributed by atoms with E-state index < -0.39 is 0 Å². The summed E-state index contributed by atoms with van der Waals surface area (Å²) in [5.41, 5.74) is 1.76. The summed E-state index contributed by atoms with van der Waals surface area (Å²) in [5, 5.41) is 5.58. The van der Waals surface area contributed by atoms with Gasteiger partial charge in [0.1, 0.15) is 10.8 Å². The van der Waals surface area contributed by atoms with Gasteiger partial charge in [0, 0.05) is 23.9 Å². The summed E-state index contributed by atoms with van der Waals surface area (Å²) in [5.74, 6) is 0.628. The van der Waals surface area contributed by atoms with Gasteiger partial charge in [-0.25, -0.2) is 9.37 Å². The molecule has 0 saturated heterocycles. The molecular formula is C20H19FN2O3S. The topological polar surface area (TPSA) is 60.5 Å². The van der Waals surface area contributed by atoms with Crippen molar-refractivity contribution in [1.29, 1.82) is 0 Å². The summed E-state index contributed by atoms with van der Waals surface area (Å²) in [7, 11) is 1.55. The molecule has 1 aromatic heterocycles. The van der Waals surface area contributed by atoms with Crippen molar-refractivity contribution in [2.24, 2.45) is 0 Å². The molecule has 1 heterocycles. The Morgan fingerprint density at radius 1 is 1.15 bits per heavy atom. The highest BCUT2D eigenvalue weighted by Gasteiger charge is 2.08. The number of thiazole rings is 1. The number of halogens is 1. The second-order valence-corrected chi connectivity index (χ2v) is 6.55. The highest BCUT2D eigenvalue weighted by Crippen LogP contribution is 2.25. The van der Waals surface area contributed by atoms with Crippen molar-refractivity contribution in [2.75, 3.05) is 20.3 Å². The van der Waals surface area contributed by atoms with Crippen molar-refractivity contribution in [3.63, 3.8) is 0 Å². The average molecular weight is 386 g/mol. The molecule has 0 spiro atoms. The van der Waals surface area contributed by atoms with Crippen molar-refractivity contribution in [1.82, 2.24) is 10.3 Å². The number of benzene rings is 2. The lowest BCUT2D eigenvalue weighted by Gasteiger charge is -2.10. The van der Waals surface area contributed by atoms with Gasteiger partial charge in [-0.3, -0.25) is 4.79 Å². The van der Waals surface area contributed by atoms with Gasteiger partial charge in [0.25, 0.3) is 5.91 Å². The molecule has 2 aromatic carbocycles. The van der Waals surface area contributed by atoms with Crippen molar-refractivity contribution < 1.29 is 18.7 Å². The number of carbonyl (C=O) groups excluding carboxylic acids is 1. The molecule has 140 valence electrons. The van der Waals surface area contributed by atoms with Gasteiger partial charge in [-0.05, 0) is 36.4 Å². The van der Waals surface area contributed by atoms with Crippen molar-refractivity contribution in [3.05, 3.63) is 65.4 Å². The second-order valence-electron chi connectivity index (χ2n) is 5.69. The number of hydrogen-bond donors (Lipinski definition) is 1. The Morgan fingerprint density at radius 3 is 2.63 bits per heavy atom. The molecule has 7 heteroatoms. The molecule has 3 aromatic rings. The minimum atomic E-state index is -0.270. The molecule has 0 atom stereocenters.